The van der Waals surface area contributed by atoms with Crippen LogP contribution >= 0.6 is 0 Å². The number of amides is 1. The second-order valence-electron chi connectivity index (χ2n) is 5.67. The lowest BCUT2D eigenvalue weighted by Crippen LogP contribution is -2.44. The van der Waals surface area contributed by atoms with Crippen LogP contribution in [0.2, 0.25) is 0 Å². The number of phenols is 1. The second-order valence-corrected chi connectivity index (χ2v) is 5.67. The van der Waals surface area contributed by atoms with Crippen molar-refractivity contribution in [3.05, 3.63) is 23.8 Å². The van der Waals surface area contributed by atoms with Crippen LogP contribution in [0.5, 0.6) is 11.5 Å². The topological polar surface area (TPSA) is 70.6 Å². The van der Waals surface area contributed by atoms with Crippen LogP contribution in [0.3, 0.4) is 0 Å². The number of aromatic hydroxyl groups is 1. The van der Waals surface area contributed by atoms with Gasteiger partial charge in [0.25, 0.3) is 0 Å². The molecule has 1 aromatic rings. The van der Waals surface area contributed by atoms with Gasteiger partial charge in [-0.2, -0.15) is 0 Å². The molecule has 0 aliphatic heterocycles. The van der Waals surface area contributed by atoms with Crippen molar-refractivity contribution in [2.24, 2.45) is 5.92 Å². The predicted molar refractivity (Wildman–Crippen MR) is 83.5 cm³/mol. The summed E-state index contributed by atoms with van der Waals surface area (Å²) in [5.74, 6) is 1.14. The first-order valence-corrected chi connectivity index (χ1v) is 7.25. The van der Waals surface area contributed by atoms with Gasteiger partial charge in [-0.05, 0) is 25.8 Å². The number of benzene rings is 1. The maximum atomic E-state index is 11.9. The van der Waals surface area contributed by atoms with E-state index in [1.54, 1.807) is 25.3 Å². The van der Waals surface area contributed by atoms with E-state index in [1.807, 2.05) is 13.8 Å². The molecule has 0 aliphatic carbocycles. The Balaban J connectivity index is 2.63. The summed E-state index contributed by atoms with van der Waals surface area (Å²) in [6.45, 7) is 8.49. The number of hydrogen-bond donors (Lipinski definition) is 3. The molecule has 0 heterocycles. The average molecular weight is 294 g/mol. The Hall–Kier alpha value is -1.75. The van der Waals surface area contributed by atoms with Gasteiger partial charge < -0.3 is 15.2 Å². The van der Waals surface area contributed by atoms with Gasteiger partial charge in [0.1, 0.15) is 11.5 Å². The number of carbonyl (C=O) groups excluding carboxylic acids is 1. The molecule has 0 spiro atoms. The third-order valence-corrected chi connectivity index (χ3v) is 3.28. The normalized spacial score (nSPS) is 13.8. The van der Waals surface area contributed by atoms with E-state index < -0.39 is 0 Å². The van der Waals surface area contributed by atoms with Crippen molar-refractivity contribution in [2.75, 3.05) is 13.7 Å². The summed E-state index contributed by atoms with van der Waals surface area (Å²) in [6, 6.07) is 4.68. The molecule has 3 N–H and O–H groups in total. The van der Waals surface area contributed by atoms with Crippen LogP contribution in [-0.4, -0.2) is 30.7 Å². The van der Waals surface area contributed by atoms with Crippen LogP contribution in [0.4, 0.5) is 0 Å². The Morgan fingerprint density at radius 1 is 1.29 bits per heavy atom. The van der Waals surface area contributed by atoms with E-state index in [-0.39, 0.29) is 23.7 Å². The first-order chi connectivity index (χ1) is 9.85. The maximum Gasteiger partial charge on any atom is 0.236 e. The Kier molecular flexibility index (Phi) is 6.49. The monoisotopic (exact) mass is 294 g/mol. The van der Waals surface area contributed by atoms with Crippen LogP contribution in [0.15, 0.2) is 18.2 Å². The summed E-state index contributed by atoms with van der Waals surface area (Å²) in [5.41, 5.74) is 0.735. The number of phenolic OH excluding ortho intramolecular Hbond substituents is 1. The molecule has 0 fully saturated rings. The molecule has 1 rings (SSSR count). The summed E-state index contributed by atoms with van der Waals surface area (Å²) in [7, 11) is 1.55. The molecule has 2 atom stereocenters. The van der Waals surface area contributed by atoms with Crippen molar-refractivity contribution in [3.8, 4) is 11.5 Å². The molecule has 5 nitrogen and oxygen atoms in total. The second kappa shape index (κ2) is 7.88. The molecule has 0 saturated heterocycles. The van der Waals surface area contributed by atoms with E-state index >= 15 is 0 Å². The molecule has 21 heavy (non-hydrogen) atoms. The highest BCUT2D eigenvalue weighted by atomic mass is 16.5. The summed E-state index contributed by atoms with van der Waals surface area (Å²) in [6.07, 6.45) is 0. The van der Waals surface area contributed by atoms with E-state index in [0.29, 0.717) is 18.2 Å². The molecule has 1 aromatic carbocycles. The van der Waals surface area contributed by atoms with Crippen molar-refractivity contribution >= 4 is 5.91 Å². The van der Waals surface area contributed by atoms with Crippen molar-refractivity contribution in [1.29, 1.82) is 0 Å². The molecule has 1 amide bonds. The third-order valence-electron chi connectivity index (χ3n) is 3.28. The molecule has 0 radical (unpaired) electrons. The van der Waals surface area contributed by atoms with Gasteiger partial charge in [0, 0.05) is 24.2 Å². The van der Waals surface area contributed by atoms with Gasteiger partial charge in [-0.3, -0.25) is 10.1 Å². The van der Waals surface area contributed by atoms with Crippen molar-refractivity contribution in [2.45, 2.75) is 39.8 Å². The lowest BCUT2D eigenvalue weighted by Gasteiger charge is -2.21. The average Bonchev–Trinajstić information content (AvgIpc) is 2.43. The van der Waals surface area contributed by atoms with Gasteiger partial charge >= 0.3 is 0 Å². The number of methoxy groups -OCH3 is 1. The zero-order valence-corrected chi connectivity index (χ0v) is 13.4. The van der Waals surface area contributed by atoms with Gasteiger partial charge in [-0.15, -0.1) is 0 Å². The molecule has 0 bridgehead atoms. The van der Waals surface area contributed by atoms with E-state index in [9.17, 15) is 9.90 Å². The van der Waals surface area contributed by atoms with Gasteiger partial charge in [-0.25, -0.2) is 0 Å². The summed E-state index contributed by atoms with van der Waals surface area (Å²) >= 11 is 0. The van der Waals surface area contributed by atoms with Gasteiger partial charge in [0.2, 0.25) is 5.91 Å². The van der Waals surface area contributed by atoms with E-state index in [0.717, 1.165) is 5.56 Å². The minimum Gasteiger partial charge on any atom is -0.507 e. The predicted octanol–water partition coefficient (Wildman–Crippen LogP) is 2.21. The molecule has 0 saturated carbocycles. The quantitative estimate of drug-likeness (QED) is 0.721. The van der Waals surface area contributed by atoms with Crippen molar-refractivity contribution < 1.29 is 14.6 Å². The van der Waals surface area contributed by atoms with Crippen molar-refractivity contribution in [1.82, 2.24) is 10.6 Å². The third kappa shape index (κ3) is 5.27. The van der Waals surface area contributed by atoms with Gasteiger partial charge in [0.15, 0.2) is 0 Å². The van der Waals surface area contributed by atoms with Crippen LogP contribution in [0.25, 0.3) is 0 Å². The standard InChI is InChI=1S/C16H26N2O3/c1-10(2)9-17-16(20)12(4)18-11(3)14-7-6-13(21-5)8-15(14)19/h6-8,10-12,18-19H,9H2,1-5H3,(H,17,20). The lowest BCUT2D eigenvalue weighted by atomic mass is 10.1. The first-order valence-electron chi connectivity index (χ1n) is 7.25. The highest BCUT2D eigenvalue weighted by molar-refractivity contribution is 5.81. The zero-order chi connectivity index (χ0) is 16.0. The first kappa shape index (κ1) is 17.3. The Morgan fingerprint density at radius 3 is 2.48 bits per heavy atom. The molecular formula is C16H26N2O3. The Bertz CT molecular complexity index is 475. The molecule has 118 valence electrons. The van der Waals surface area contributed by atoms with Gasteiger partial charge in [0.05, 0.1) is 13.2 Å². The minimum atomic E-state index is -0.333. The molecule has 2 unspecified atom stereocenters. The zero-order valence-electron chi connectivity index (χ0n) is 13.4. The van der Waals surface area contributed by atoms with Crippen LogP contribution in [-0.2, 0) is 4.79 Å². The van der Waals surface area contributed by atoms with Gasteiger partial charge in [-0.1, -0.05) is 19.9 Å². The maximum absolute atomic E-state index is 11.9. The van der Waals surface area contributed by atoms with Crippen LogP contribution < -0.4 is 15.4 Å². The number of hydrogen-bond acceptors (Lipinski definition) is 4. The molecular weight excluding hydrogens is 268 g/mol. The molecule has 0 aromatic heterocycles. The number of rotatable bonds is 7. The Morgan fingerprint density at radius 2 is 1.95 bits per heavy atom. The number of nitrogens with one attached hydrogen (secondary N) is 2. The molecule has 0 aliphatic rings. The van der Waals surface area contributed by atoms with E-state index in [1.165, 1.54) is 0 Å². The lowest BCUT2D eigenvalue weighted by molar-refractivity contribution is -0.123. The SMILES string of the molecule is COc1ccc(C(C)NC(C)C(=O)NCC(C)C)c(O)c1. The van der Waals surface area contributed by atoms with Crippen molar-refractivity contribution in [3.63, 3.8) is 0 Å². The fourth-order valence-corrected chi connectivity index (χ4v) is 2.01. The summed E-state index contributed by atoms with van der Waals surface area (Å²) in [5, 5.41) is 16.1. The fourth-order valence-electron chi connectivity index (χ4n) is 2.01. The smallest absolute Gasteiger partial charge is 0.236 e. The van der Waals surface area contributed by atoms with E-state index in [2.05, 4.69) is 24.5 Å². The minimum absolute atomic E-state index is 0.0384. The number of ether oxygens (including phenoxy) is 1. The van der Waals surface area contributed by atoms with Crippen LogP contribution in [0, 0.1) is 5.92 Å². The highest BCUT2D eigenvalue weighted by Crippen LogP contribution is 2.28. The Labute approximate surface area is 126 Å². The summed E-state index contributed by atoms with van der Waals surface area (Å²) in [4.78, 5) is 11.9. The highest BCUT2D eigenvalue weighted by Gasteiger charge is 2.18. The van der Waals surface area contributed by atoms with E-state index in [4.69, 9.17) is 4.74 Å². The number of carbonyl (C=O) groups is 1. The summed E-state index contributed by atoms with van der Waals surface area (Å²) < 4.78 is 5.06. The largest absolute Gasteiger partial charge is 0.507 e. The fraction of sp³-hybridized carbons (Fsp3) is 0.562. The molecule has 5 heteroatoms. The van der Waals surface area contributed by atoms with Crippen LogP contribution in [0.1, 0.15) is 39.3 Å².